The van der Waals surface area contributed by atoms with E-state index in [1.807, 2.05) is 23.7 Å². The minimum Gasteiger partial charge on any atom is -0.497 e. The maximum Gasteiger partial charge on any atom is 0.156 e. The lowest BCUT2D eigenvalue weighted by Crippen LogP contribution is -2.41. The topological polar surface area (TPSA) is 54.7 Å². The number of piperidine rings is 1. The van der Waals surface area contributed by atoms with Crippen molar-refractivity contribution in [2.45, 2.75) is 25.8 Å². The summed E-state index contributed by atoms with van der Waals surface area (Å²) in [6.45, 7) is 4.16. The van der Waals surface area contributed by atoms with Crippen LogP contribution in [0.25, 0.3) is 16.8 Å². The Morgan fingerprint density at radius 3 is 2.54 bits per heavy atom. The molecule has 3 aromatic rings. The number of rotatable bonds is 4. The van der Waals surface area contributed by atoms with Gasteiger partial charge in [-0.2, -0.15) is 5.10 Å². The molecule has 1 aromatic carbocycles. The molecule has 2 aromatic heterocycles. The normalized spacial score (nSPS) is 15.6. The molecule has 0 radical (unpaired) electrons. The van der Waals surface area contributed by atoms with Gasteiger partial charge in [0.1, 0.15) is 17.6 Å². The first-order valence-corrected chi connectivity index (χ1v) is 9.11. The summed E-state index contributed by atoms with van der Waals surface area (Å²) in [5.74, 6) is 1.89. The van der Waals surface area contributed by atoms with E-state index in [0.29, 0.717) is 6.04 Å². The quantitative estimate of drug-likeness (QED) is 0.783. The number of benzene rings is 1. The van der Waals surface area contributed by atoms with Crippen LogP contribution >= 0.6 is 0 Å². The highest BCUT2D eigenvalue weighted by molar-refractivity contribution is 5.79. The number of nitrogens with zero attached hydrogens (tertiary/aromatic N) is 4. The molecule has 1 aliphatic heterocycles. The van der Waals surface area contributed by atoms with Crippen molar-refractivity contribution in [3.05, 3.63) is 42.2 Å². The number of aromatic nitrogens is 3. The van der Waals surface area contributed by atoms with Crippen molar-refractivity contribution in [3.63, 3.8) is 0 Å². The zero-order valence-corrected chi connectivity index (χ0v) is 15.6. The van der Waals surface area contributed by atoms with Crippen molar-refractivity contribution in [2.24, 2.45) is 0 Å². The number of hydrogen-bond acceptors (Lipinski definition) is 5. The van der Waals surface area contributed by atoms with Crippen molar-refractivity contribution in [2.75, 3.05) is 32.1 Å². The molecule has 6 heteroatoms. The molecule has 1 N–H and O–H groups in total. The van der Waals surface area contributed by atoms with Gasteiger partial charge in [0, 0.05) is 24.7 Å². The highest BCUT2D eigenvalue weighted by Gasteiger charge is 2.22. The number of methoxy groups -OCH3 is 1. The van der Waals surface area contributed by atoms with Gasteiger partial charge in [0.05, 0.1) is 12.8 Å². The molecule has 0 bridgehead atoms. The monoisotopic (exact) mass is 351 g/mol. The van der Waals surface area contributed by atoms with E-state index < -0.39 is 0 Å². The van der Waals surface area contributed by atoms with Gasteiger partial charge in [-0.3, -0.25) is 0 Å². The second-order valence-electron chi connectivity index (χ2n) is 6.84. The second kappa shape index (κ2) is 6.96. The van der Waals surface area contributed by atoms with Gasteiger partial charge >= 0.3 is 0 Å². The van der Waals surface area contributed by atoms with Crippen LogP contribution < -0.4 is 15.0 Å². The first-order valence-electron chi connectivity index (χ1n) is 9.11. The molecule has 0 saturated carbocycles. The van der Waals surface area contributed by atoms with Gasteiger partial charge in [-0.1, -0.05) is 0 Å². The van der Waals surface area contributed by atoms with Crippen molar-refractivity contribution < 1.29 is 4.74 Å². The summed E-state index contributed by atoms with van der Waals surface area (Å²) in [7, 11) is 3.73. The number of aryl methyl sites for hydroxylation is 1. The molecule has 0 unspecified atom stereocenters. The Kier molecular flexibility index (Phi) is 4.51. The van der Waals surface area contributed by atoms with Crippen molar-refractivity contribution in [1.82, 2.24) is 19.9 Å². The molecule has 1 saturated heterocycles. The van der Waals surface area contributed by atoms with E-state index in [1.54, 1.807) is 13.4 Å². The third-order valence-electron chi connectivity index (χ3n) is 5.31. The highest BCUT2D eigenvalue weighted by Crippen LogP contribution is 2.31. The van der Waals surface area contributed by atoms with Crippen LogP contribution in [0.3, 0.4) is 0 Å². The van der Waals surface area contributed by atoms with Gasteiger partial charge in [-0.15, -0.1) is 0 Å². The van der Waals surface area contributed by atoms with E-state index in [4.69, 9.17) is 4.74 Å². The van der Waals surface area contributed by atoms with Crippen LogP contribution in [0.15, 0.2) is 36.7 Å². The Bertz CT molecular complexity index is 894. The van der Waals surface area contributed by atoms with Crippen LogP contribution in [0.2, 0.25) is 0 Å². The summed E-state index contributed by atoms with van der Waals surface area (Å²) < 4.78 is 7.29. The van der Waals surface area contributed by atoms with Gasteiger partial charge in [-0.25, -0.2) is 9.50 Å². The molecule has 4 rings (SSSR count). The van der Waals surface area contributed by atoms with E-state index in [0.717, 1.165) is 54.3 Å². The third-order valence-corrected chi connectivity index (χ3v) is 5.31. The van der Waals surface area contributed by atoms with Crippen LogP contribution in [0, 0.1) is 6.92 Å². The first-order chi connectivity index (χ1) is 12.7. The van der Waals surface area contributed by atoms with Gasteiger partial charge < -0.3 is 15.0 Å². The zero-order chi connectivity index (χ0) is 18.1. The molecule has 26 heavy (non-hydrogen) atoms. The summed E-state index contributed by atoms with van der Waals surface area (Å²) in [6, 6.07) is 10.9. The van der Waals surface area contributed by atoms with Crippen molar-refractivity contribution >= 4 is 11.3 Å². The van der Waals surface area contributed by atoms with Gasteiger partial charge in [-0.05, 0) is 62.7 Å². The van der Waals surface area contributed by atoms with Crippen LogP contribution in [0.4, 0.5) is 5.82 Å². The molecule has 6 nitrogen and oxygen atoms in total. The number of fused-ring (bicyclic) bond motifs is 1. The number of nitrogens with one attached hydrogen (secondary N) is 1. The molecule has 136 valence electrons. The van der Waals surface area contributed by atoms with E-state index in [-0.39, 0.29) is 0 Å². The number of hydrogen-bond donors (Lipinski definition) is 1. The Balaban J connectivity index is 1.74. The number of anilines is 1. The molecule has 0 atom stereocenters. The summed E-state index contributed by atoms with van der Waals surface area (Å²) in [4.78, 5) is 7.01. The Morgan fingerprint density at radius 2 is 1.88 bits per heavy atom. The average Bonchev–Trinajstić information content (AvgIpc) is 3.05. The molecular weight excluding hydrogens is 326 g/mol. The standard InChI is InChI=1S/C20H25N5O/c1-14-12-18(15-4-6-17(26-3)7-5-15)25-19(14)20(22-13-23-25)24-10-8-16(21-2)9-11-24/h4-7,12-13,16,21H,8-11H2,1-3H3. The predicted octanol–water partition coefficient (Wildman–Crippen LogP) is 2.90. The van der Waals surface area contributed by atoms with Crippen LogP contribution in [-0.4, -0.2) is 47.9 Å². The summed E-state index contributed by atoms with van der Waals surface area (Å²) in [5, 5.41) is 7.93. The average molecular weight is 351 g/mol. The number of ether oxygens (including phenoxy) is 1. The lowest BCUT2D eigenvalue weighted by atomic mass is 10.1. The maximum atomic E-state index is 5.27. The minimum atomic E-state index is 0.604. The smallest absolute Gasteiger partial charge is 0.156 e. The van der Waals surface area contributed by atoms with Crippen LogP contribution in [0.5, 0.6) is 5.75 Å². The second-order valence-corrected chi connectivity index (χ2v) is 6.84. The summed E-state index contributed by atoms with van der Waals surface area (Å²) >= 11 is 0. The Labute approximate surface area is 153 Å². The van der Waals surface area contributed by atoms with E-state index in [9.17, 15) is 0 Å². The first kappa shape index (κ1) is 16.8. The van der Waals surface area contributed by atoms with Crippen molar-refractivity contribution in [3.8, 4) is 17.0 Å². The largest absolute Gasteiger partial charge is 0.497 e. The van der Waals surface area contributed by atoms with E-state index in [2.05, 4.69) is 45.4 Å². The molecule has 0 spiro atoms. The predicted molar refractivity (Wildman–Crippen MR) is 104 cm³/mol. The van der Waals surface area contributed by atoms with Crippen LogP contribution in [0.1, 0.15) is 18.4 Å². The van der Waals surface area contributed by atoms with Crippen molar-refractivity contribution in [1.29, 1.82) is 0 Å². The van der Waals surface area contributed by atoms with E-state index >= 15 is 0 Å². The molecule has 3 heterocycles. The minimum absolute atomic E-state index is 0.604. The van der Waals surface area contributed by atoms with Gasteiger partial charge in [0.2, 0.25) is 0 Å². The highest BCUT2D eigenvalue weighted by atomic mass is 16.5. The fraction of sp³-hybridized carbons (Fsp3) is 0.400. The SMILES string of the molecule is CNC1CCN(c2ncnn3c(-c4ccc(OC)cc4)cc(C)c23)CC1. The summed E-state index contributed by atoms with van der Waals surface area (Å²) in [6.07, 6.45) is 3.94. The molecule has 1 fully saturated rings. The fourth-order valence-corrected chi connectivity index (χ4v) is 3.79. The van der Waals surface area contributed by atoms with Crippen LogP contribution in [-0.2, 0) is 0 Å². The van der Waals surface area contributed by atoms with E-state index in [1.165, 1.54) is 5.56 Å². The maximum absolute atomic E-state index is 5.27. The lowest BCUT2D eigenvalue weighted by molar-refractivity contribution is 0.415. The third kappa shape index (κ3) is 2.90. The zero-order valence-electron chi connectivity index (χ0n) is 15.6. The lowest BCUT2D eigenvalue weighted by Gasteiger charge is -2.32. The molecule has 1 aliphatic rings. The summed E-state index contributed by atoms with van der Waals surface area (Å²) in [5.41, 5.74) is 4.49. The molecule has 0 aliphatic carbocycles. The molecule has 0 amide bonds. The molecular formula is C20H25N5O. The fourth-order valence-electron chi connectivity index (χ4n) is 3.79. The Hall–Kier alpha value is -2.60. The Morgan fingerprint density at radius 1 is 1.15 bits per heavy atom. The van der Waals surface area contributed by atoms with Gasteiger partial charge in [0.25, 0.3) is 0 Å². The van der Waals surface area contributed by atoms with Gasteiger partial charge in [0.15, 0.2) is 5.82 Å².